The van der Waals surface area contributed by atoms with Gasteiger partial charge >= 0.3 is 0 Å². The molecule has 32 heavy (non-hydrogen) atoms. The van der Waals surface area contributed by atoms with E-state index in [4.69, 9.17) is 16.3 Å². The summed E-state index contributed by atoms with van der Waals surface area (Å²) >= 11 is 6.80. The molecule has 0 spiro atoms. The number of ether oxygens (including phenoxy) is 1. The topological polar surface area (TPSA) is 110 Å². The van der Waals surface area contributed by atoms with Crippen molar-refractivity contribution in [1.82, 2.24) is 14.9 Å². The molecule has 2 heterocycles. The van der Waals surface area contributed by atoms with Gasteiger partial charge in [0.15, 0.2) is 0 Å². The maximum atomic E-state index is 13.0. The van der Waals surface area contributed by atoms with Crippen LogP contribution in [0.15, 0.2) is 46.8 Å². The molecule has 0 bridgehead atoms. The molecule has 1 aromatic heterocycles. The van der Waals surface area contributed by atoms with E-state index in [1.807, 2.05) is 39.0 Å². The third kappa shape index (κ3) is 4.78. The average Bonchev–Trinajstić information content (AvgIpc) is 3.16. The minimum Gasteiger partial charge on any atom is -0.487 e. The molecule has 2 N–H and O–H groups in total. The minimum atomic E-state index is -3.99. The molecule has 168 valence electrons. The number of benzene rings is 2. The Hall–Kier alpha value is -2.53. The van der Waals surface area contributed by atoms with Crippen LogP contribution in [0.2, 0.25) is 5.02 Å². The van der Waals surface area contributed by atoms with Crippen LogP contribution in [0.25, 0.3) is 0 Å². The average molecular weight is 493 g/mol. The first-order chi connectivity index (χ1) is 15.0. The van der Waals surface area contributed by atoms with Crippen molar-refractivity contribution in [2.24, 2.45) is 0 Å². The number of nitrogens with zero attached hydrogens (tertiary/aromatic N) is 2. The fraction of sp³-hybridized carbons (Fsp3) is 0.286. The van der Waals surface area contributed by atoms with Gasteiger partial charge in [0.25, 0.3) is 15.9 Å². The van der Waals surface area contributed by atoms with Crippen molar-refractivity contribution in [2.45, 2.75) is 43.2 Å². The van der Waals surface area contributed by atoms with E-state index < -0.39 is 27.6 Å². The van der Waals surface area contributed by atoms with Gasteiger partial charge in [0.05, 0.1) is 16.6 Å². The first-order valence-corrected chi connectivity index (χ1v) is 12.4. The van der Waals surface area contributed by atoms with Crippen LogP contribution in [0.1, 0.15) is 47.8 Å². The zero-order valence-electron chi connectivity index (χ0n) is 17.5. The Balaban J connectivity index is 1.55. The number of halogens is 1. The second-order valence-corrected chi connectivity index (χ2v) is 11.4. The van der Waals surface area contributed by atoms with E-state index in [1.165, 1.54) is 0 Å². The molecule has 1 aliphatic rings. The van der Waals surface area contributed by atoms with Crippen molar-refractivity contribution >= 4 is 44.0 Å². The van der Waals surface area contributed by atoms with E-state index in [9.17, 15) is 13.2 Å². The van der Waals surface area contributed by atoms with Crippen molar-refractivity contribution in [3.63, 3.8) is 0 Å². The van der Waals surface area contributed by atoms with Gasteiger partial charge in [-0.1, -0.05) is 47.2 Å². The Morgan fingerprint density at radius 3 is 2.72 bits per heavy atom. The van der Waals surface area contributed by atoms with Gasteiger partial charge in [-0.15, -0.1) is 10.2 Å². The van der Waals surface area contributed by atoms with Crippen LogP contribution in [0.3, 0.4) is 0 Å². The quantitative estimate of drug-likeness (QED) is 0.513. The summed E-state index contributed by atoms with van der Waals surface area (Å²) in [5.74, 6) is 0.151. The van der Waals surface area contributed by atoms with Gasteiger partial charge in [-0.05, 0) is 44.5 Å². The van der Waals surface area contributed by atoms with Crippen molar-refractivity contribution in [3.05, 3.63) is 64.2 Å². The smallest absolute Gasteiger partial charge is 0.270 e. The normalized spacial score (nSPS) is 17.3. The maximum Gasteiger partial charge on any atom is 0.270 e. The van der Waals surface area contributed by atoms with Crippen molar-refractivity contribution in [1.29, 1.82) is 0 Å². The number of nitrogens with one attached hydrogen (secondary N) is 2. The van der Waals surface area contributed by atoms with Crippen LogP contribution < -0.4 is 14.8 Å². The Bertz CT molecular complexity index is 1290. The summed E-state index contributed by atoms with van der Waals surface area (Å²) in [7, 11) is -3.99. The van der Waals surface area contributed by atoms with Crippen LogP contribution in [0.5, 0.6) is 5.75 Å². The van der Waals surface area contributed by atoms with Gasteiger partial charge in [-0.25, -0.2) is 13.1 Å². The van der Waals surface area contributed by atoms with Gasteiger partial charge in [-0.2, -0.15) is 0 Å². The van der Waals surface area contributed by atoms with Gasteiger partial charge < -0.3 is 4.74 Å². The number of rotatable bonds is 5. The summed E-state index contributed by atoms with van der Waals surface area (Å²) in [4.78, 5) is 12.4. The summed E-state index contributed by atoms with van der Waals surface area (Å²) < 4.78 is 34.6. The van der Waals surface area contributed by atoms with Gasteiger partial charge in [0.2, 0.25) is 9.47 Å². The fourth-order valence-electron chi connectivity index (χ4n) is 3.48. The molecule has 8 nitrogen and oxygen atoms in total. The second-order valence-electron chi connectivity index (χ2n) is 8.09. The van der Waals surface area contributed by atoms with Crippen molar-refractivity contribution in [2.75, 3.05) is 5.32 Å². The lowest BCUT2D eigenvalue weighted by molar-refractivity contribution is 0.0701. The number of carbonyl (C=O) groups excluding carboxylic acids is 1. The highest BCUT2D eigenvalue weighted by atomic mass is 35.5. The van der Waals surface area contributed by atoms with E-state index in [2.05, 4.69) is 20.2 Å². The number of aryl methyl sites for hydroxylation is 1. The predicted octanol–water partition coefficient (Wildman–Crippen LogP) is 4.33. The number of aromatic nitrogens is 2. The van der Waals surface area contributed by atoms with E-state index in [0.717, 1.165) is 22.5 Å². The lowest BCUT2D eigenvalue weighted by atomic mass is 9.90. The van der Waals surface area contributed by atoms with Gasteiger partial charge in [0.1, 0.15) is 11.4 Å². The molecule has 0 saturated carbocycles. The van der Waals surface area contributed by atoms with Crippen LogP contribution in [0, 0.1) is 6.92 Å². The number of sulfonamides is 1. The number of carbonyl (C=O) groups is 1. The summed E-state index contributed by atoms with van der Waals surface area (Å²) in [6, 6.07) is 11.7. The molecule has 0 saturated heterocycles. The molecular weight excluding hydrogens is 472 g/mol. The van der Waals surface area contributed by atoms with Gasteiger partial charge in [-0.3, -0.25) is 10.1 Å². The Labute approximate surface area is 195 Å². The largest absolute Gasteiger partial charge is 0.487 e. The molecule has 4 rings (SSSR count). The molecule has 2 aromatic carbocycles. The molecule has 0 radical (unpaired) electrons. The SMILES string of the molecule is Cc1ccc2c(c1)OC(C)(C)C[C@H]2NS(=O)(=O)c1nnc(NC(=O)c2ccccc2Cl)s1. The molecule has 1 aliphatic heterocycles. The lowest BCUT2D eigenvalue weighted by Crippen LogP contribution is -2.41. The van der Waals surface area contributed by atoms with Crippen molar-refractivity contribution < 1.29 is 17.9 Å². The predicted molar refractivity (Wildman–Crippen MR) is 123 cm³/mol. The standard InChI is InChI=1S/C21H21ClN4O4S2/c1-12-8-9-14-16(11-21(2,3)30-17(14)10-12)26-32(28,29)20-25-24-19(31-20)23-18(27)13-6-4-5-7-15(13)22/h4-10,16,26H,11H2,1-3H3,(H,23,24,27)/t16-/m1/s1. The summed E-state index contributed by atoms with van der Waals surface area (Å²) in [6.07, 6.45) is 0.442. The maximum absolute atomic E-state index is 13.0. The van der Waals surface area contributed by atoms with Crippen LogP contribution in [0.4, 0.5) is 5.13 Å². The van der Waals surface area contributed by atoms with Crippen molar-refractivity contribution in [3.8, 4) is 5.75 Å². The van der Waals surface area contributed by atoms with E-state index in [-0.39, 0.29) is 20.1 Å². The zero-order chi connectivity index (χ0) is 23.1. The number of anilines is 1. The Kier molecular flexibility index (Phi) is 5.97. The van der Waals surface area contributed by atoms with E-state index in [0.29, 0.717) is 12.2 Å². The monoisotopic (exact) mass is 492 g/mol. The molecule has 0 unspecified atom stereocenters. The van der Waals surface area contributed by atoms with Crippen LogP contribution in [-0.4, -0.2) is 30.1 Å². The summed E-state index contributed by atoms with van der Waals surface area (Å²) in [6.45, 7) is 5.77. The molecule has 3 aromatic rings. The fourth-order valence-corrected chi connectivity index (χ4v) is 5.83. The van der Waals surface area contributed by atoms with E-state index >= 15 is 0 Å². The van der Waals surface area contributed by atoms with E-state index in [1.54, 1.807) is 24.3 Å². The number of fused-ring (bicyclic) bond motifs is 1. The van der Waals surface area contributed by atoms with Crippen LogP contribution in [-0.2, 0) is 10.0 Å². The Morgan fingerprint density at radius 2 is 1.97 bits per heavy atom. The summed E-state index contributed by atoms with van der Waals surface area (Å²) in [5, 5.41) is 10.4. The molecule has 1 atom stereocenters. The zero-order valence-corrected chi connectivity index (χ0v) is 19.9. The first kappa shape index (κ1) is 22.7. The molecule has 0 fully saturated rings. The minimum absolute atomic E-state index is 0.0543. The second kappa shape index (κ2) is 8.43. The highest BCUT2D eigenvalue weighted by Crippen LogP contribution is 2.40. The lowest BCUT2D eigenvalue weighted by Gasteiger charge is -2.37. The third-order valence-corrected chi connectivity index (χ3v) is 7.91. The molecular formula is C21H21ClN4O4S2. The molecule has 0 aliphatic carbocycles. The molecule has 1 amide bonds. The number of hydrogen-bond donors (Lipinski definition) is 2. The Morgan fingerprint density at radius 1 is 1.22 bits per heavy atom. The third-order valence-electron chi connectivity index (χ3n) is 4.90. The summed E-state index contributed by atoms with van der Waals surface area (Å²) in [5.41, 5.74) is 1.48. The number of amides is 1. The highest BCUT2D eigenvalue weighted by Gasteiger charge is 2.37. The van der Waals surface area contributed by atoms with Gasteiger partial charge in [0, 0.05) is 12.0 Å². The highest BCUT2D eigenvalue weighted by molar-refractivity contribution is 7.91. The first-order valence-electron chi connectivity index (χ1n) is 9.75. The number of hydrogen-bond acceptors (Lipinski definition) is 7. The van der Waals surface area contributed by atoms with Crippen LogP contribution >= 0.6 is 22.9 Å². The molecule has 11 heteroatoms.